The maximum atomic E-state index is 13.0. The smallest absolute Gasteiger partial charge is 0.257 e. The summed E-state index contributed by atoms with van der Waals surface area (Å²) in [6.45, 7) is 6.71. The molecule has 170 valence electrons. The molecule has 1 aromatic heterocycles. The van der Waals surface area contributed by atoms with Gasteiger partial charge in [-0.1, -0.05) is 30.3 Å². The molecule has 0 bridgehead atoms. The molecule has 1 saturated heterocycles. The lowest BCUT2D eigenvalue weighted by Crippen LogP contribution is -2.36. The first-order valence-corrected chi connectivity index (χ1v) is 11.1. The average Bonchev–Trinajstić information content (AvgIpc) is 2.85. The third-order valence-corrected chi connectivity index (χ3v) is 5.53. The van der Waals surface area contributed by atoms with Crippen molar-refractivity contribution < 1.29 is 9.53 Å². The van der Waals surface area contributed by atoms with Crippen molar-refractivity contribution in [3.05, 3.63) is 95.3 Å². The normalized spacial score (nSPS) is 14.6. The number of aromatic nitrogens is 1. The second-order valence-corrected chi connectivity index (χ2v) is 8.00. The molecular formula is C26H29N5O2. The molecule has 1 amide bonds. The predicted octanol–water partition coefficient (Wildman–Crippen LogP) is 3.62. The molecule has 33 heavy (non-hydrogen) atoms. The van der Waals surface area contributed by atoms with Crippen LogP contribution in [0.1, 0.15) is 27.0 Å². The molecule has 2 aromatic carbocycles. The Balaban J connectivity index is 1.45. The van der Waals surface area contributed by atoms with E-state index in [9.17, 15) is 4.79 Å². The Hall–Kier alpha value is -3.55. The van der Waals surface area contributed by atoms with Crippen molar-refractivity contribution in [3.8, 4) is 0 Å². The molecule has 7 heteroatoms. The van der Waals surface area contributed by atoms with Crippen LogP contribution in [-0.2, 0) is 17.8 Å². The zero-order valence-electron chi connectivity index (χ0n) is 18.8. The van der Waals surface area contributed by atoms with Crippen LogP contribution in [0.4, 0.5) is 5.69 Å². The molecule has 0 radical (unpaired) electrons. The number of ether oxygens (including phenoxy) is 1. The fraction of sp³-hybridized carbons (Fsp3) is 0.269. The number of aliphatic imine (C=N–C) groups is 1. The molecule has 0 saturated carbocycles. The summed E-state index contributed by atoms with van der Waals surface area (Å²) in [4.78, 5) is 24.0. The number of hydrogen-bond acceptors (Lipinski definition) is 5. The zero-order chi connectivity index (χ0) is 22.9. The molecule has 2 heterocycles. The maximum absolute atomic E-state index is 13.0. The number of aryl methyl sites for hydroxylation is 1. The van der Waals surface area contributed by atoms with E-state index in [1.165, 1.54) is 5.56 Å². The molecule has 4 rings (SSSR count). The second-order valence-electron chi connectivity index (χ2n) is 8.00. The fourth-order valence-electron chi connectivity index (χ4n) is 3.57. The van der Waals surface area contributed by atoms with E-state index in [0.717, 1.165) is 49.7 Å². The number of carbonyl (C=O) groups is 1. The Morgan fingerprint density at radius 2 is 1.73 bits per heavy atom. The van der Waals surface area contributed by atoms with Gasteiger partial charge in [0.25, 0.3) is 5.91 Å². The number of para-hydroxylation sites is 1. The number of pyridine rings is 1. The van der Waals surface area contributed by atoms with Gasteiger partial charge >= 0.3 is 0 Å². The summed E-state index contributed by atoms with van der Waals surface area (Å²) in [6.07, 6.45) is 3.46. The monoisotopic (exact) mass is 443 g/mol. The van der Waals surface area contributed by atoms with Crippen LogP contribution in [0, 0.1) is 6.92 Å². The number of amides is 1. The van der Waals surface area contributed by atoms with Gasteiger partial charge in [0, 0.05) is 43.3 Å². The van der Waals surface area contributed by atoms with Crippen molar-refractivity contribution in [2.24, 2.45) is 4.99 Å². The number of morpholine rings is 1. The van der Waals surface area contributed by atoms with Gasteiger partial charge in [0.15, 0.2) is 0 Å². The number of benzene rings is 2. The van der Waals surface area contributed by atoms with Gasteiger partial charge in [-0.2, -0.15) is 0 Å². The van der Waals surface area contributed by atoms with Gasteiger partial charge in [0.1, 0.15) is 0 Å². The number of nitrogens with zero attached hydrogens (tertiary/aromatic N) is 3. The largest absolute Gasteiger partial charge is 0.379 e. The first kappa shape index (κ1) is 22.6. The van der Waals surface area contributed by atoms with Gasteiger partial charge in [-0.3, -0.25) is 20.0 Å². The predicted molar refractivity (Wildman–Crippen MR) is 130 cm³/mol. The highest BCUT2D eigenvalue weighted by molar-refractivity contribution is 6.10. The number of anilines is 1. The van der Waals surface area contributed by atoms with Gasteiger partial charge in [0.05, 0.1) is 19.8 Å². The highest BCUT2D eigenvalue weighted by atomic mass is 16.5. The van der Waals surface area contributed by atoms with Crippen molar-refractivity contribution >= 4 is 17.6 Å². The van der Waals surface area contributed by atoms with Gasteiger partial charge in [0.2, 0.25) is 5.96 Å². The van der Waals surface area contributed by atoms with E-state index in [1.54, 1.807) is 12.4 Å². The Labute approximate surface area is 194 Å². The van der Waals surface area contributed by atoms with Crippen molar-refractivity contribution in [3.63, 3.8) is 0 Å². The van der Waals surface area contributed by atoms with Gasteiger partial charge in [-0.25, -0.2) is 4.99 Å². The van der Waals surface area contributed by atoms with Crippen molar-refractivity contribution in [2.45, 2.75) is 20.0 Å². The number of hydrogen-bond donors (Lipinski definition) is 2. The molecule has 3 aromatic rings. The maximum Gasteiger partial charge on any atom is 0.257 e. The van der Waals surface area contributed by atoms with Crippen molar-refractivity contribution in [1.82, 2.24) is 15.2 Å². The summed E-state index contributed by atoms with van der Waals surface area (Å²) in [6, 6.07) is 19.4. The van der Waals surface area contributed by atoms with E-state index >= 15 is 0 Å². The van der Waals surface area contributed by atoms with Crippen LogP contribution in [0.2, 0.25) is 0 Å². The van der Waals surface area contributed by atoms with E-state index in [-0.39, 0.29) is 5.91 Å². The SMILES string of the molecule is Cc1ccccc1NC(=NCc1ccncc1)NC(=O)c1ccc(CN2CCOCC2)cc1. The number of nitrogens with one attached hydrogen (secondary N) is 2. The van der Waals surface area contributed by atoms with Crippen molar-refractivity contribution in [2.75, 3.05) is 31.6 Å². The quantitative estimate of drug-likeness (QED) is 0.449. The van der Waals surface area contributed by atoms with E-state index in [4.69, 9.17) is 4.74 Å². The molecule has 1 aliphatic rings. The summed E-state index contributed by atoms with van der Waals surface area (Å²) in [5.41, 5.74) is 4.74. The molecule has 0 unspecified atom stereocenters. The lowest BCUT2D eigenvalue weighted by molar-refractivity contribution is 0.0342. The van der Waals surface area contributed by atoms with E-state index in [0.29, 0.717) is 18.1 Å². The second kappa shape index (κ2) is 11.4. The highest BCUT2D eigenvalue weighted by Crippen LogP contribution is 2.14. The highest BCUT2D eigenvalue weighted by Gasteiger charge is 2.13. The molecule has 0 aliphatic carbocycles. The minimum atomic E-state index is -0.206. The molecule has 1 fully saturated rings. The lowest BCUT2D eigenvalue weighted by atomic mass is 10.1. The summed E-state index contributed by atoms with van der Waals surface area (Å²) in [7, 11) is 0. The summed E-state index contributed by atoms with van der Waals surface area (Å²) in [5.74, 6) is 0.200. The standard InChI is InChI=1S/C26H29N5O2/c1-20-4-2-3-5-24(20)29-26(28-18-21-10-12-27-13-11-21)30-25(32)23-8-6-22(7-9-23)19-31-14-16-33-17-15-31/h2-13H,14-19H2,1H3,(H2,28,29,30,32). The Morgan fingerprint density at radius 3 is 2.45 bits per heavy atom. The molecule has 1 aliphatic heterocycles. The lowest BCUT2D eigenvalue weighted by Gasteiger charge is -2.26. The Morgan fingerprint density at radius 1 is 1.00 bits per heavy atom. The summed E-state index contributed by atoms with van der Waals surface area (Å²) < 4.78 is 5.41. The average molecular weight is 444 g/mol. The fourth-order valence-corrected chi connectivity index (χ4v) is 3.57. The van der Waals surface area contributed by atoms with Crippen LogP contribution in [-0.4, -0.2) is 48.1 Å². The molecular weight excluding hydrogens is 414 g/mol. The minimum Gasteiger partial charge on any atom is -0.379 e. The van der Waals surface area contributed by atoms with Crippen LogP contribution in [0.3, 0.4) is 0 Å². The minimum absolute atomic E-state index is 0.206. The summed E-state index contributed by atoms with van der Waals surface area (Å²) >= 11 is 0. The van der Waals surface area contributed by atoms with Gasteiger partial charge in [-0.15, -0.1) is 0 Å². The van der Waals surface area contributed by atoms with Gasteiger partial charge in [-0.05, 0) is 53.9 Å². The zero-order valence-corrected chi connectivity index (χ0v) is 18.8. The van der Waals surface area contributed by atoms with E-state index < -0.39 is 0 Å². The number of carbonyl (C=O) groups excluding carboxylic acids is 1. The summed E-state index contributed by atoms with van der Waals surface area (Å²) in [5, 5.41) is 6.21. The van der Waals surface area contributed by atoms with Gasteiger partial charge < -0.3 is 10.1 Å². The van der Waals surface area contributed by atoms with Crippen molar-refractivity contribution in [1.29, 1.82) is 0 Å². The van der Waals surface area contributed by atoms with Crippen LogP contribution in [0.5, 0.6) is 0 Å². The molecule has 7 nitrogen and oxygen atoms in total. The Kier molecular flexibility index (Phi) is 7.79. The third-order valence-electron chi connectivity index (χ3n) is 5.53. The van der Waals surface area contributed by atoms with Crippen LogP contribution >= 0.6 is 0 Å². The molecule has 0 atom stereocenters. The van der Waals surface area contributed by atoms with E-state index in [1.807, 2.05) is 67.6 Å². The van der Waals surface area contributed by atoms with Crippen LogP contribution < -0.4 is 10.6 Å². The first-order chi connectivity index (χ1) is 16.2. The number of guanidine groups is 1. The molecule has 0 spiro atoms. The van der Waals surface area contributed by atoms with Crippen LogP contribution in [0.25, 0.3) is 0 Å². The number of rotatable bonds is 6. The third kappa shape index (κ3) is 6.71. The Bertz CT molecular complexity index is 1080. The van der Waals surface area contributed by atoms with Crippen LogP contribution in [0.15, 0.2) is 78.0 Å². The molecule has 2 N–H and O–H groups in total. The first-order valence-electron chi connectivity index (χ1n) is 11.1. The van der Waals surface area contributed by atoms with E-state index in [2.05, 4.69) is 25.5 Å². The topological polar surface area (TPSA) is 78.8 Å².